The van der Waals surface area contributed by atoms with Crippen LogP contribution in [-0.4, -0.2) is 23.0 Å². The Kier molecular flexibility index (Phi) is 6.06. The number of hydrogen-bond acceptors (Lipinski definition) is 1. The molecule has 2 aliphatic carbocycles. The third-order valence-corrected chi connectivity index (χ3v) is 6.81. The molecule has 0 radical (unpaired) electrons. The van der Waals surface area contributed by atoms with E-state index in [0.717, 1.165) is 24.4 Å². The molecule has 1 heteroatoms. The lowest BCUT2D eigenvalue weighted by Gasteiger charge is -2.44. The Morgan fingerprint density at radius 3 is 2.21 bits per heavy atom. The summed E-state index contributed by atoms with van der Waals surface area (Å²) in [7, 11) is 0. The smallest absolute Gasteiger partial charge is 0.0173 e. The highest BCUT2D eigenvalue weighted by atomic mass is 15.2. The van der Waals surface area contributed by atoms with Crippen LogP contribution in [0.1, 0.15) is 87.5 Å². The maximum absolute atomic E-state index is 2.81. The predicted molar refractivity (Wildman–Crippen MR) is 107 cm³/mol. The van der Waals surface area contributed by atoms with Crippen LogP contribution in [0.15, 0.2) is 23.3 Å². The highest BCUT2D eigenvalue weighted by molar-refractivity contribution is 5.10. The van der Waals surface area contributed by atoms with Crippen LogP contribution >= 0.6 is 0 Å². The van der Waals surface area contributed by atoms with Crippen LogP contribution in [0.25, 0.3) is 0 Å². The van der Waals surface area contributed by atoms with Gasteiger partial charge in [-0.05, 0) is 90.9 Å². The van der Waals surface area contributed by atoms with Gasteiger partial charge in [-0.3, -0.25) is 4.90 Å². The monoisotopic (exact) mass is 331 g/mol. The molecule has 0 N–H and O–H groups in total. The van der Waals surface area contributed by atoms with Crippen molar-refractivity contribution in [2.24, 2.45) is 17.3 Å². The second-order valence-electron chi connectivity index (χ2n) is 10.2. The van der Waals surface area contributed by atoms with E-state index in [-0.39, 0.29) is 5.54 Å². The summed E-state index contributed by atoms with van der Waals surface area (Å²) in [5.74, 6) is 1.83. The van der Waals surface area contributed by atoms with E-state index in [1.54, 1.807) is 5.57 Å². The first-order valence-corrected chi connectivity index (χ1v) is 10.1. The van der Waals surface area contributed by atoms with Gasteiger partial charge in [0.25, 0.3) is 0 Å². The normalized spacial score (nSPS) is 29.4. The molecule has 0 aromatic carbocycles. The molecule has 3 unspecified atom stereocenters. The molecule has 2 rings (SSSR count). The van der Waals surface area contributed by atoms with Crippen LogP contribution in [-0.2, 0) is 0 Å². The Balaban J connectivity index is 2.04. The second-order valence-corrected chi connectivity index (χ2v) is 10.2. The zero-order valence-corrected chi connectivity index (χ0v) is 17.6. The molecule has 0 saturated heterocycles. The van der Waals surface area contributed by atoms with E-state index in [4.69, 9.17) is 0 Å². The Hall–Kier alpha value is -0.560. The topological polar surface area (TPSA) is 3.24 Å². The van der Waals surface area contributed by atoms with Crippen molar-refractivity contribution >= 4 is 0 Å². The Morgan fingerprint density at radius 2 is 1.75 bits per heavy atom. The van der Waals surface area contributed by atoms with Gasteiger partial charge in [0.2, 0.25) is 0 Å². The predicted octanol–water partition coefficient (Wildman–Crippen LogP) is 6.60. The number of rotatable bonds is 6. The molecular formula is C23H41N. The van der Waals surface area contributed by atoms with Gasteiger partial charge in [0.15, 0.2) is 0 Å². The van der Waals surface area contributed by atoms with Crippen LogP contribution in [0, 0.1) is 17.3 Å². The molecule has 2 fully saturated rings. The van der Waals surface area contributed by atoms with Crippen molar-refractivity contribution in [3.63, 3.8) is 0 Å². The zero-order valence-electron chi connectivity index (χ0n) is 17.6. The molecule has 24 heavy (non-hydrogen) atoms. The van der Waals surface area contributed by atoms with Crippen LogP contribution in [0.5, 0.6) is 0 Å². The van der Waals surface area contributed by atoms with Crippen LogP contribution in [0.2, 0.25) is 0 Å². The van der Waals surface area contributed by atoms with Crippen molar-refractivity contribution in [3.05, 3.63) is 23.3 Å². The molecule has 138 valence electrons. The van der Waals surface area contributed by atoms with Crippen molar-refractivity contribution in [3.8, 4) is 0 Å². The van der Waals surface area contributed by atoms with E-state index in [9.17, 15) is 0 Å². The molecular weight excluding hydrogens is 290 g/mol. The quantitative estimate of drug-likeness (QED) is 0.495. The van der Waals surface area contributed by atoms with Crippen LogP contribution in [0.4, 0.5) is 0 Å². The average molecular weight is 332 g/mol. The Morgan fingerprint density at radius 1 is 1.08 bits per heavy atom. The van der Waals surface area contributed by atoms with Crippen molar-refractivity contribution in [2.75, 3.05) is 6.54 Å². The van der Waals surface area contributed by atoms with E-state index >= 15 is 0 Å². The van der Waals surface area contributed by atoms with Crippen LogP contribution < -0.4 is 0 Å². The summed E-state index contributed by atoms with van der Waals surface area (Å²) in [6.45, 7) is 20.1. The minimum Gasteiger partial charge on any atom is -0.292 e. The fraction of sp³-hybridized carbons (Fsp3) is 0.826. The van der Waals surface area contributed by atoms with E-state index in [2.05, 4.69) is 72.4 Å². The van der Waals surface area contributed by atoms with Gasteiger partial charge < -0.3 is 0 Å². The first kappa shape index (κ1) is 19.8. The Bertz CT molecular complexity index is 485. The largest absolute Gasteiger partial charge is 0.292 e. The summed E-state index contributed by atoms with van der Waals surface area (Å²) >= 11 is 0. The first-order chi connectivity index (χ1) is 11.0. The summed E-state index contributed by atoms with van der Waals surface area (Å²) in [4.78, 5) is 2.81. The Labute approximate surface area is 151 Å². The fourth-order valence-electron chi connectivity index (χ4n) is 5.19. The van der Waals surface area contributed by atoms with Crippen molar-refractivity contribution in [1.82, 2.24) is 4.90 Å². The molecule has 2 saturated carbocycles. The summed E-state index contributed by atoms with van der Waals surface area (Å²) in [5, 5.41) is 0. The number of fused-ring (bicyclic) bond motifs is 2. The molecule has 2 bridgehead atoms. The maximum Gasteiger partial charge on any atom is 0.0173 e. The number of hydrogen-bond donors (Lipinski definition) is 0. The SMILES string of the molecule is CC(C)=CCC/C(C)=C/CN(C1CC2CCC1C2(C)C)C(C)(C)C. The van der Waals surface area contributed by atoms with Gasteiger partial charge in [-0.2, -0.15) is 0 Å². The minimum atomic E-state index is 0.252. The molecule has 0 heterocycles. The molecule has 1 nitrogen and oxygen atoms in total. The highest BCUT2D eigenvalue weighted by Gasteiger charge is 2.55. The summed E-state index contributed by atoms with van der Waals surface area (Å²) in [6.07, 6.45) is 11.6. The van der Waals surface area contributed by atoms with Gasteiger partial charge in [-0.25, -0.2) is 0 Å². The lowest BCUT2D eigenvalue weighted by molar-refractivity contribution is 0.0538. The fourth-order valence-corrected chi connectivity index (χ4v) is 5.19. The average Bonchev–Trinajstić information content (AvgIpc) is 2.85. The van der Waals surface area contributed by atoms with E-state index in [1.165, 1.54) is 37.7 Å². The molecule has 0 aromatic rings. The number of nitrogens with zero attached hydrogens (tertiary/aromatic N) is 1. The van der Waals surface area contributed by atoms with Crippen molar-refractivity contribution < 1.29 is 0 Å². The summed E-state index contributed by atoms with van der Waals surface area (Å²) in [6, 6.07) is 0.778. The lowest BCUT2D eigenvalue weighted by atomic mass is 9.81. The maximum atomic E-state index is 2.81. The minimum absolute atomic E-state index is 0.252. The lowest BCUT2D eigenvalue weighted by Crippen LogP contribution is -2.51. The van der Waals surface area contributed by atoms with Gasteiger partial charge in [-0.15, -0.1) is 0 Å². The van der Waals surface area contributed by atoms with Gasteiger partial charge in [0.1, 0.15) is 0 Å². The molecule has 0 amide bonds. The third-order valence-electron chi connectivity index (χ3n) is 6.81. The molecule has 2 aliphatic rings. The number of allylic oxidation sites excluding steroid dienone is 3. The molecule has 0 aromatic heterocycles. The molecule has 0 spiro atoms. The highest BCUT2D eigenvalue weighted by Crippen LogP contribution is 2.59. The molecule has 3 atom stereocenters. The van der Waals surface area contributed by atoms with Gasteiger partial charge in [0, 0.05) is 18.1 Å². The zero-order chi connectivity index (χ0) is 18.1. The van der Waals surface area contributed by atoms with Gasteiger partial charge in [-0.1, -0.05) is 37.1 Å². The second kappa shape index (κ2) is 7.36. The van der Waals surface area contributed by atoms with Gasteiger partial charge >= 0.3 is 0 Å². The summed E-state index contributed by atoms with van der Waals surface area (Å²) in [5.41, 5.74) is 3.78. The molecule has 0 aliphatic heterocycles. The van der Waals surface area contributed by atoms with Crippen molar-refractivity contribution in [2.45, 2.75) is 99.1 Å². The van der Waals surface area contributed by atoms with Crippen LogP contribution in [0.3, 0.4) is 0 Å². The first-order valence-electron chi connectivity index (χ1n) is 10.1. The summed E-state index contributed by atoms with van der Waals surface area (Å²) < 4.78 is 0. The third kappa shape index (κ3) is 4.34. The van der Waals surface area contributed by atoms with E-state index < -0.39 is 0 Å². The van der Waals surface area contributed by atoms with Gasteiger partial charge in [0.05, 0.1) is 0 Å². The van der Waals surface area contributed by atoms with E-state index in [1.807, 2.05) is 0 Å². The van der Waals surface area contributed by atoms with Crippen molar-refractivity contribution in [1.29, 1.82) is 0 Å². The van der Waals surface area contributed by atoms with E-state index in [0.29, 0.717) is 5.41 Å². The standard InChI is InChI=1S/C23H41N/c1-17(2)10-9-11-18(3)14-15-24(22(4,5)6)21-16-19-12-13-20(21)23(19,7)8/h10,14,19-21H,9,11-13,15-16H2,1-8H3/b18-14+.